The van der Waals surface area contributed by atoms with Gasteiger partial charge in [-0.05, 0) is 36.8 Å². The van der Waals surface area contributed by atoms with Crippen LogP contribution in [0.15, 0.2) is 48.5 Å². The van der Waals surface area contributed by atoms with Crippen LogP contribution in [-0.2, 0) is 4.79 Å². The van der Waals surface area contributed by atoms with Crippen LogP contribution in [0.3, 0.4) is 0 Å². The summed E-state index contributed by atoms with van der Waals surface area (Å²) in [7, 11) is 0. The van der Waals surface area contributed by atoms with Crippen molar-refractivity contribution in [1.82, 2.24) is 10.6 Å². The van der Waals surface area contributed by atoms with E-state index in [2.05, 4.69) is 10.6 Å². The molecule has 2 rings (SSSR count). The van der Waals surface area contributed by atoms with Crippen molar-refractivity contribution in [1.29, 1.82) is 0 Å². The van der Waals surface area contributed by atoms with E-state index in [9.17, 15) is 24.8 Å². The Balaban J connectivity index is 1.72. The summed E-state index contributed by atoms with van der Waals surface area (Å²) in [6, 6.07) is 12.6. The summed E-state index contributed by atoms with van der Waals surface area (Å²) in [5.74, 6) is -0.571. The van der Waals surface area contributed by atoms with Gasteiger partial charge in [-0.2, -0.15) is 0 Å². The fourth-order valence-corrected chi connectivity index (χ4v) is 2.41. The van der Waals surface area contributed by atoms with Crippen molar-refractivity contribution in [3.8, 4) is 0 Å². The van der Waals surface area contributed by atoms with E-state index in [0.717, 1.165) is 5.56 Å². The van der Waals surface area contributed by atoms with Gasteiger partial charge in [0.1, 0.15) is 0 Å². The van der Waals surface area contributed by atoms with E-state index in [1.54, 1.807) is 18.2 Å². The van der Waals surface area contributed by atoms with E-state index in [1.165, 1.54) is 24.3 Å². The number of benzene rings is 2. The van der Waals surface area contributed by atoms with Crippen molar-refractivity contribution in [3.63, 3.8) is 0 Å². The Kier molecular flexibility index (Phi) is 7.01. The molecule has 8 nitrogen and oxygen atoms in total. The zero-order valence-electron chi connectivity index (χ0n) is 14.8. The standard InChI is InChI=1S/C19H21N3O5/c1-13-3-2-4-15(11-13)19(25)20-10-9-18(24)21-12-17(23)14-5-7-16(8-6-14)22(26)27/h2-8,11,17,23H,9-10,12H2,1H3,(H,20,25)(H,21,24). The number of carbonyl (C=O) groups is 2. The van der Waals surface area contributed by atoms with Crippen molar-refractivity contribution in [3.05, 3.63) is 75.3 Å². The minimum Gasteiger partial charge on any atom is -0.387 e. The smallest absolute Gasteiger partial charge is 0.269 e. The van der Waals surface area contributed by atoms with Crippen LogP contribution in [0.5, 0.6) is 0 Å². The third-order valence-electron chi connectivity index (χ3n) is 3.90. The molecule has 0 heterocycles. The van der Waals surface area contributed by atoms with E-state index < -0.39 is 11.0 Å². The largest absolute Gasteiger partial charge is 0.387 e. The molecule has 0 spiro atoms. The summed E-state index contributed by atoms with van der Waals surface area (Å²) in [5.41, 5.74) is 1.90. The summed E-state index contributed by atoms with van der Waals surface area (Å²) in [6.07, 6.45) is -0.901. The van der Waals surface area contributed by atoms with Gasteiger partial charge in [0, 0.05) is 37.2 Å². The van der Waals surface area contributed by atoms with E-state index in [1.807, 2.05) is 13.0 Å². The molecule has 142 valence electrons. The van der Waals surface area contributed by atoms with E-state index in [4.69, 9.17) is 0 Å². The first kappa shape index (κ1) is 20.1. The van der Waals surface area contributed by atoms with Crippen LogP contribution in [0, 0.1) is 17.0 Å². The summed E-state index contributed by atoms with van der Waals surface area (Å²) in [6.45, 7) is 2.04. The summed E-state index contributed by atoms with van der Waals surface area (Å²) < 4.78 is 0. The molecule has 2 amide bonds. The summed E-state index contributed by atoms with van der Waals surface area (Å²) in [4.78, 5) is 33.9. The molecule has 3 N–H and O–H groups in total. The van der Waals surface area contributed by atoms with Crippen molar-refractivity contribution < 1.29 is 19.6 Å². The second-order valence-corrected chi connectivity index (χ2v) is 6.04. The number of carbonyl (C=O) groups excluding carboxylic acids is 2. The van der Waals surface area contributed by atoms with Crippen LogP contribution in [0.4, 0.5) is 5.69 Å². The number of aliphatic hydroxyl groups excluding tert-OH is 1. The topological polar surface area (TPSA) is 122 Å². The highest BCUT2D eigenvalue weighted by molar-refractivity contribution is 5.94. The Labute approximate surface area is 156 Å². The monoisotopic (exact) mass is 371 g/mol. The second kappa shape index (κ2) is 9.44. The number of aliphatic hydroxyl groups is 1. The highest BCUT2D eigenvalue weighted by Gasteiger charge is 2.12. The van der Waals surface area contributed by atoms with Crippen molar-refractivity contribution >= 4 is 17.5 Å². The number of hydrogen-bond acceptors (Lipinski definition) is 5. The molecule has 1 unspecified atom stereocenters. The normalized spacial score (nSPS) is 11.5. The van der Waals surface area contributed by atoms with E-state index in [-0.39, 0.29) is 37.0 Å². The predicted molar refractivity (Wildman–Crippen MR) is 99.2 cm³/mol. The minimum absolute atomic E-state index is 0.0253. The number of non-ortho nitro benzene ring substituents is 1. The molecule has 0 saturated carbocycles. The number of nitrogens with zero attached hydrogens (tertiary/aromatic N) is 1. The zero-order valence-corrected chi connectivity index (χ0v) is 14.8. The van der Waals surface area contributed by atoms with Crippen molar-refractivity contribution in [2.24, 2.45) is 0 Å². The first-order chi connectivity index (χ1) is 12.9. The number of aryl methyl sites for hydroxylation is 1. The first-order valence-electron chi connectivity index (χ1n) is 8.41. The average Bonchev–Trinajstić information content (AvgIpc) is 2.66. The highest BCUT2D eigenvalue weighted by atomic mass is 16.6. The van der Waals surface area contributed by atoms with Gasteiger partial charge < -0.3 is 15.7 Å². The number of nitro groups is 1. The molecule has 0 aromatic heterocycles. The summed E-state index contributed by atoms with van der Waals surface area (Å²) >= 11 is 0. The van der Waals surface area contributed by atoms with Crippen LogP contribution < -0.4 is 10.6 Å². The molecule has 1 atom stereocenters. The van der Waals surface area contributed by atoms with Crippen LogP contribution >= 0.6 is 0 Å². The van der Waals surface area contributed by atoms with Gasteiger partial charge in [-0.25, -0.2) is 0 Å². The average molecular weight is 371 g/mol. The number of rotatable bonds is 8. The van der Waals surface area contributed by atoms with Crippen molar-refractivity contribution in [2.75, 3.05) is 13.1 Å². The second-order valence-electron chi connectivity index (χ2n) is 6.04. The Bertz CT molecular complexity index is 820. The van der Waals surface area contributed by atoms with Crippen molar-refractivity contribution in [2.45, 2.75) is 19.4 Å². The van der Waals surface area contributed by atoms with Crippen LogP contribution in [-0.4, -0.2) is 34.9 Å². The molecule has 2 aromatic carbocycles. The molecule has 0 radical (unpaired) electrons. The van der Waals surface area contributed by atoms with Gasteiger partial charge in [-0.3, -0.25) is 19.7 Å². The number of hydrogen-bond donors (Lipinski definition) is 3. The van der Waals surface area contributed by atoms with Gasteiger partial charge in [-0.15, -0.1) is 0 Å². The molecular formula is C19H21N3O5. The lowest BCUT2D eigenvalue weighted by Crippen LogP contribution is -2.32. The Morgan fingerprint density at radius 1 is 1.15 bits per heavy atom. The van der Waals surface area contributed by atoms with Gasteiger partial charge in [0.15, 0.2) is 0 Å². The molecule has 8 heteroatoms. The molecule has 0 aliphatic rings. The van der Waals surface area contributed by atoms with Crippen LogP contribution in [0.1, 0.15) is 34.0 Å². The molecule has 0 bridgehead atoms. The molecule has 2 aromatic rings. The SMILES string of the molecule is Cc1cccc(C(=O)NCCC(=O)NCC(O)c2ccc([N+](=O)[O-])cc2)c1. The number of nitrogens with one attached hydrogen (secondary N) is 2. The van der Waals surface area contributed by atoms with Crippen LogP contribution in [0.25, 0.3) is 0 Å². The van der Waals surface area contributed by atoms with E-state index in [0.29, 0.717) is 11.1 Å². The van der Waals surface area contributed by atoms with Gasteiger partial charge in [-0.1, -0.05) is 17.7 Å². The molecule has 0 fully saturated rings. The van der Waals surface area contributed by atoms with E-state index >= 15 is 0 Å². The Hall–Kier alpha value is -3.26. The lowest BCUT2D eigenvalue weighted by atomic mass is 10.1. The Morgan fingerprint density at radius 2 is 1.85 bits per heavy atom. The molecule has 0 aliphatic carbocycles. The molecule has 27 heavy (non-hydrogen) atoms. The Morgan fingerprint density at radius 3 is 2.48 bits per heavy atom. The molecular weight excluding hydrogens is 350 g/mol. The fourth-order valence-electron chi connectivity index (χ4n) is 2.41. The fraction of sp³-hybridized carbons (Fsp3) is 0.263. The van der Waals surface area contributed by atoms with Gasteiger partial charge in [0.2, 0.25) is 5.91 Å². The summed E-state index contributed by atoms with van der Waals surface area (Å²) in [5, 5.41) is 25.9. The quantitative estimate of drug-likeness (QED) is 0.483. The number of nitro benzene ring substituents is 1. The maximum Gasteiger partial charge on any atom is 0.269 e. The first-order valence-corrected chi connectivity index (χ1v) is 8.41. The van der Waals surface area contributed by atoms with Gasteiger partial charge >= 0.3 is 0 Å². The molecule has 0 aliphatic heterocycles. The third kappa shape index (κ3) is 6.19. The maximum atomic E-state index is 12.0. The zero-order chi connectivity index (χ0) is 19.8. The minimum atomic E-state index is -0.975. The lowest BCUT2D eigenvalue weighted by Gasteiger charge is -2.12. The van der Waals surface area contributed by atoms with Crippen LogP contribution in [0.2, 0.25) is 0 Å². The highest BCUT2D eigenvalue weighted by Crippen LogP contribution is 2.17. The predicted octanol–water partition coefficient (Wildman–Crippen LogP) is 1.87. The maximum absolute atomic E-state index is 12.0. The van der Waals surface area contributed by atoms with Gasteiger partial charge in [0.05, 0.1) is 11.0 Å². The molecule has 0 saturated heterocycles. The number of amides is 2. The lowest BCUT2D eigenvalue weighted by molar-refractivity contribution is -0.384. The van der Waals surface area contributed by atoms with Gasteiger partial charge in [0.25, 0.3) is 11.6 Å². The third-order valence-corrected chi connectivity index (χ3v) is 3.90.